The monoisotopic (exact) mass is 223 g/mol. The molecule has 82 valence electrons. The Labute approximate surface area is 94.9 Å². The zero-order chi connectivity index (χ0) is 10.5. The fraction of sp³-hybridized carbons (Fsp3) is 0.636. The molecule has 0 aliphatic heterocycles. The van der Waals surface area contributed by atoms with E-state index in [1.165, 1.54) is 25.7 Å². The molecular formula is C11H17N3S. The molecule has 1 fully saturated rings. The first-order valence-corrected chi connectivity index (χ1v) is 6.50. The Morgan fingerprint density at radius 3 is 2.80 bits per heavy atom. The van der Waals surface area contributed by atoms with E-state index in [2.05, 4.69) is 9.97 Å². The molecule has 0 aromatic carbocycles. The van der Waals surface area contributed by atoms with E-state index in [9.17, 15) is 0 Å². The number of aromatic nitrogens is 2. The lowest BCUT2D eigenvalue weighted by Crippen LogP contribution is -2.24. The normalized spacial score (nSPS) is 25.7. The van der Waals surface area contributed by atoms with Gasteiger partial charge in [0.05, 0.1) is 0 Å². The molecule has 0 radical (unpaired) electrons. The number of thioether (sulfide) groups is 1. The van der Waals surface area contributed by atoms with Gasteiger partial charge in [-0.1, -0.05) is 18.2 Å². The van der Waals surface area contributed by atoms with Crippen molar-refractivity contribution in [3.8, 4) is 0 Å². The number of hydrogen-bond acceptors (Lipinski definition) is 4. The van der Waals surface area contributed by atoms with Crippen LogP contribution >= 0.6 is 11.8 Å². The van der Waals surface area contributed by atoms with Gasteiger partial charge >= 0.3 is 0 Å². The van der Waals surface area contributed by atoms with Crippen LogP contribution in [-0.4, -0.2) is 21.8 Å². The van der Waals surface area contributed by atoms with Gasteiger partial charge in [0.25, 0.3) is 0 Å². The Hall–Kier alpha value is -0.610. The van der Waals surface area contributed by atoms with Gasteiger partial charge in [-0.2, -0.15) is 0 Å². The second-order valence-corrected chi connectivity index (χ2v) is 5.09. The number of nitrogens with two attached hydrogens (primary N) is 1. The molecule has 4 heteroatoms. The van der Waals surface area contributed by atoms with Crippen LogP contribution in [0.15, 0.2) is 23.6 Å². The SMILES string of the molecule is NC1CCCC1CCSc1ncccn1. The minimum atomic E-state index is 0.433. The molecule has 0 amide bonds. The molecular weight excluding hydrogens is 206 g/mol. The van der Waals surface area contributed by atoms with Gasteiger partial charge < -0.3 is 5.73 Å². The van der Waals surface area contributed by atoms with Crippen LogP contribution in [0, 0.1) is 5.92 Å². The zero-order valence-corrected chi connectivity index (χ0v) is 9.62. The highest BCUT2D eigenvalue weighted by Crippen LogP contribution is 2.28. The van der Waals surface area contributed by atoms with Crippen LogP contribution in [-0.2, 0) is 0 Å². The molecule has 0 saturated heterocycles. The van der Waals surface area contributed by atoms with Crippen molar-refractivity contribution < 1.29 is 0 Å². The van der Waals surface area contributed by atoms with E-state index in [1.54, 1.807) is 24.2 Å². The highest BCUT2D eigenvalue weighted by Gasteiger charge is 2.23. The summed E-state index contributed by atoms with van der Waals surface area (Å²) in [7, 11) is 0. The fourth-order valence-corrected chi connectivity index (χ4v) is 2.96. The Kier molecular flexibility index (Phi) is 3.97. The van der Waals surface area contributed by atoms with Crippen LogP contribution in [0.3, 0.4) is 0 Å². The molecule has 3 nitrogen and oxygen atoms in total. The van der Waals surface area contributed by atoms with Crippen LogP contribution in [0.1, 0.15) is 25.7 Å². The first kappa shape index (κ1) is 10.9. The van der Waals surface area contributed by atoms with Gasteiger partial charge in [-0.3, -0.25) is 0 Å². The highest BCUT2D eigenvalue weighted by atomic mass is 32.2. The molecule has 0 bridgehead atoms. The van der Waals surface area contributed by atoms with Gasteiger partial charge in [0, 0.05) is 24.2 Å². The van der Waals surface area contributed by atoms with E-state index >= 15 is 0 Å². The maximum Gasteiger partial charge on any atom is 0.187 e. The van der Waals surface area contributed by atoms with Gasteiger partial charge in [-0.15, -0.1) is 0 Å². The molecule has 1 aliphatic carbocycles. The van der Waals surface area contributed by atoms with Crippen molar-refractivity contribution in [3.63, 3.8) is 0 Å². The first-order valence-electron chi connectivity index (χ1n) is 5.51. The van der Waals surface area contributed by atoms with Crippen molar-refractivity contribution in [2.24, 2.45) is 11.7 Å². The summed E-state index contributed by atoms with van der Waals surface area (Å²) >= 11 is 1.73. The minimum Gasteiger partial charge on any atom is -0.327 e. The third-order valence-corrected chi connectivity index (χ3v) is 3.89. The average Bonchev–Trinajstić information content (AvgIpc) is 2.66. The summed E-state index contributed by atoms with van der Waals surface area (Å²) in [5.41, 5.74) is 6.02. The predicted molar refractivity (Wildman–Crippen MR) is 62.7 cm³/mol. The van der Waals surface area contributed by atoms with Crippen molar-refractivity contribution in [2.45, 2.75) is 36.9 Å². The molecule has 1 aromatic heterocycles. The molecule has 1 aromatic rings. The van der Waals surface area contributed by atoms with Crippen molar-refractivity contribution in [3.05, 3.63) is 18.5 Å². The van der Waals surface area contributed by atoms with E-state index in [4.69, 9.17) is 5.73 Å². The summed E-state index contributed by atoms with van der Waals surface area (Å²) < 4.78 is 0. The van der Waals surface area contributed by atoms with Crippen LogP contribution in [0.5, 0.6) is 0 Å². The number of nitrogens with zero attached hydrogens (tertiary/aromatic N) is 2. The van der Waals surface area contributed by atoms with Crippen LogP contribution in [0.2, 0.25) is 0 Å². The number of hydrogen-bond donors (Lipinski definition) is 1. The van der Waals surface area contributed by atoms with Crippen molar-refractivity contribution in [2.75, 3.05) is 5.75 Å². The predicted octanol–water partition coefficient (Wildman–Crippen LogP) is 2.09. The summed E-state index contributed by atoms with van der Waals surface area (Å²) in [5.74, 6) is 1.81. The van der Waals surface area contributed by atoms with E-state index < -0.39 is 0 Å². The molecule has 0 spiro atoms. The lowest BCUT2D eigenvalue weighted by atomic mass is 10.0. The van der Waals surface area contributed by atoms with Gasteiger partial charge in [0.1, 0.15) is 0 Å². The van der Waals surface area contributed by atoms with Crippen molar-refractivity contribution in [1.29, 1.82) is 0 Å². The molecule has 1 heterocycles. The zero-order valence-electron chi connectivity index (χ0n) is 8.80. The van der Waals surface area contributed by atoms with Crippen molar-refractivity contribution >= 4 is 11.8 Å². The van der Waals surface area contributed by atoms with Gasteiger partial charge in [0.15, 0.2) is 5.16 Å². The smallest absolute Gasteiger partial charge is 0.187 e. The molecule has 15 heavy (non-hydrogen) atoms. The Balaban J connectivity index is 1.71. The second-order valence-electron chi connectivity index (χ2n) is 4.02. The summed E-state index contributed by atoms with van der Waals surface area (Å²) in [4.78, 5) is 8.36. The van der Waals surface area contributed by atoms with Crippen LogP contribution in [0.25, 0.3) is 0 Å². The standard InChI is InChI=1S/C11H17N3S/c12-10-4-1-3-9(10)5-8-15-11-13-6-2-7-14-11/h2,6-7,9-10H,1,3-5,8,12H2. The summed E-state index contributed by atoms with van der Waals surface area (Å²) in [6, 6.07) is 2.28. The Morgan fingerprint density at radius 2 is 2.13 bits per heavy atom. The summed E-state index contributed by atoms with van der Waals surface area (Å²) in [6.07, 6.45) is 8.59. The Morgan fingerprint density at radius 1 is 1.33 bits per heavy atom. The maximum absolute atomic E-state index is 6.02. The van der Waals surface area contributed by atoms with Crippen molar-refractivity contribution in [1.82, 2.24) is 9.97 Å². The first-order chi connectivity index (χ1) is 7.36. The lowest BCUT2D eigenvalue weighted by Gasteiger charge is -2.13. The van der Waals surface area contributed by atoms with E-state index in [1.807, 2.05) is 6.07 Å². The quantitative estimate of drug-likeness (QED) is 0.627. The molecule has 2 N–H and O–H groups in total. The van der Waals surface area contributed by atoms with E-state index in [-0.39, 0.29) is 0 Å². The van der Waals surface area contributed by atoms with Gasteiger partial charge in [-0.25, -0.2) is 9.97 Å². The second kappa shape index (κ2) is 5.47. The van der Waals surface area contributed by atoms with E-state index in [0.29, 0.717) is 6.04 Å². The van der Waals surface area contributed by atoms with Crippen LogP contribution in [0.4, 0.5) is 0 Å². The lowest BCUT2D eigenvalue weighted by molar-refractivity contribution is 0.470. The maximum atomic E-state index is 6.02. The molecule has 1 aliphatic rings. The molecule has 2 unspecified atom stereocenters. The van der Waals surface area contributed by atoms with Gasteiger partial charge in [0.2, 0.25) is 0 Å². The van der Waals surface area contributed by atoms with Crippen LogP contribution < -0.4 is 5.73 Å². The fourth-order valence-electron chi connectivity index (χ4n) is 2.09. The Bertz CT molecular complexity index is 291. The summed E-state index contributed by atoms with van der Waals surface area (Å²) in [5, 5.41) is 0.879. The third kappa shape index (κ3) is 3.18. The topological polar surface area (TPSA) is 51.8 Å². The summed E-state index contributed by atoms with van der Waals surface area (Å²) in [6.45, 7) is 0. The minimum absolute atomic E-state index is 0.433. The molecule has 2 rings (SSSR count). The highest BCUT2D eigenvalue weighted by molar-refractivity contribution is 7.99. The largest absolute Gasteiger partial charge is 0.327 e. The average molecular weight is 223 g/mol. The van der Waals surface area contributed by atoms with Gasteiger partial charge in [-0.05, 0) is 31.2 Å². The molecule has 2 atom stereocenters. The molecule has 1 saturated carbocycles. The third-order valence-electron chi connectivity index (χ3n) is 2.98. The number of rotatable bonds is 4. The van der Waals surface area contributed by atoms with E-state index in [0.717, 1.165) is 16.8 Å².